The van der Waals surface area contributed by atoms with Gasteiger partial charge in [0.2, 0.25) is 11.8 Å². The van der Waals surface area contributed by atoms with Gasteiger partial charge in [0.15, 0.2) is 0 Å². The van der Waals surface area contributed by atoms with Crippen LogP contribution < -0.4 is 5.32 Å². The average molecular weight is 341 g/mol. The van der Waals surface area contributed by atoms with Gasteiger partial charge in [-0.1, -0.05) is 24.6 Å². The lowest BCUT2D eigenvalue weighted by molar-refractivity contribution is -0.131. The van der Waals surface area contributed by atoms with E-state index in [4.69, 9.17) is 0 Å². The van der Waals surface area contributed by atoms with Gasteiger partial charge in [-0.05, 0) is 36.8 Å². The Bertz CT molecular complexity index is 723. The van der Waals surface area contributed by atoms with Crippen molar-refractivity contribution in [2.75, 3.05) is 19.6 Å². The molecule has 134 valence electrons. The number of nitrogens with one attached hydrogen (secondary N) is 1. The molecule has 2 aromatic rings. The Hall–Kier alpha value is -2.30. The molecule has 5 heteroatoms. The Morgan fingerprint density at radius 3 is 2.88 bits per heavy atom. The molecule has 0 bridgehead atoms. The third kappa shape index (κ3) is 4.84. The fourth-order valence-corrected chi connectivity index (χ4v) is 3.41. The molecular formula is C20H27N3O2. The second-order valence-corrected chi connectivity index (χ2v) is 6.71. The van der Waals surface area contributed by atoms with Crippen LogP contribution in [0.25, 0.3) is 10.9 Å². The second kappa shape index (κ2) is 8.70. The number of likely N-dealkylation sites (tertiary alicyclic amines) is 1. The van der Waals surface area contributed by atoms with Gasteiger partial charge in [0, 0.05) is 50.7 Å². The molecule has 3 rings (SSSR count). The predicted molar refractivity (Wildman–Crippen MR) is 99.2 cm³/mol. The summed E-state index contributed by atoms with van der Waals surface area (Å²) in [5.41, 5.74) is 1.23. The number of fused-ring (bicyclic) bond motifs is 1. The molecule has 5 nitrogen and oxygen atoms in total. The van der Waals surface area contributed by atoms with Crippen LogP contribution in [-0.4, -0.2) is 40.9 Å². The lowest BCUT2D eigenvalue weighted by atomic mass is 10.2. The quantitative estimate of drug-likeness (QED) is 0.787. The van der Waals surface area contributed by atoms with E-state index in [1.165, 1.54) is 10.9 Å². The van der Waals surface area contributed by atoms with E-state index < -0.39 is 0 Å². The van der Waals surface area contributed by atoms with Gasteiger partial charge in [0.05, 0.1) is 0 Å². The zero-order valence-corrected chi connectivity index (χ0v) is 14.7. The summed E-state index contributed by atoms with van der Waals surface area (Å²) in [6.07, 6.45) is 7.17. The lowest BCUT2D eigenvalue weighted by Crippen LogP contribution is -2.35. The summed E-state index contributed by atoms with van der Waals surface area (Å²) in [6, 6.07) is 10.4. The van der Waals surface area contributed by atoms with Gasteiger partial charge in [0.1, 0.15) is 0 Å². The summed E-state index contributed by atoms with van der Waals surface area (Å²) in [7, 11) is 0. The minimum atomic E-state index is 0.0365. The molecular weight excluding hydrogens is 314 g/mol. The summed E-state index contributed by atoms with van der Waals surface area (Å²) in [4.78, 5) is 25.8. The summed E-state index contributed by atoms with van der Waals surface area (Å²) < 4.78 is 2.22. The third-order valence-electron chi connectivity index (χ3n) is 4.86. The fourth-order valence-electron chi connectivity index (χ4n) is 3.41. The van der Waals surface area contributed by atoms with Crippen LogP contribution in [0.5, 0.6) is 0 Å². The fraction of sp³-hybridized carbons (Fsp3) is 0.500. The monoisotopic (exact) mass is 341 g/mol. The number of carbonyl (C=O) groups excluding carboxylic acids is 2. The number of nitrogens with zero attached hydrogens (tertiary/aromatic N) is 2. The molecule has 1 aliphatic rings. The Kier molecular flexibility index (Phi) is 6.09. The highest BCUT2D eigenvalue weighted by Crippen LogP contribution is 2.15. The van der Waals surface area contributed by atoms with E-state index in [1.54, 1.807) is 0 Å². The highest BCUT2D eigenvalue weighted by Gasteiger charge is 2.17. The van der Waals surface area contributed by atoms with E-state index in [-0.39, 0.29) is 11.8 Å². The largest absolute Gasteiger partial charge is 0.356 e. The van der Waals surface area contributed by atoms with Crippen molar-refractivity contribution in [1.82, 2.24) is 14.8 Å². The normalized spacial score (nSPS) is 15.4. The maximum absolute atomic E-state index is 12.0. The molecule has 1 aromatic heterocycles. The van der Waals surface area contributed by atoms with Crippen molar-refractivity contribution in [2.24, 2.45) is 0 Å². The first kappa shape index (κ1) is 17.5. The van der Waals surface area contributed by atoms with Crippen LogP contribution in [0.3, 0.4) is 0 Å². The second-order valence-electron chi connectivity index (χ2n) is 6.71. The van der Waals surface area contributed by atoms with E-state index in [9.17, 15) is 9.59 Å². The van der Waals surface area contributed by atoms with E-state index in [2.05, 4.69) is 34.3 Å². The summed E-state index contributed by atoms with van der Waals surface area (Å²) in [5, 5.41) is 4.22. The number of hydrogen-bond donors (Lipinski definition) is 1. The third-order valence-corrected chi connectivity index (χ3v) is 4.86. The smallest absolute Gasteiger partial charge is 0.222 e. The SMILES string of the molecule is O=C(CCN1CCCCCC1=O)NCCCn1ccc2ccccc21. The number of carbonyl (C=O) groups is 2. The lowest BCUT2D eigenvalue weighted by Gasteiger charge is -2.20. The van der Waals surface area contributed by atoms with Gasteiger partial charge >= 0.3 is 0 Å². The van der Waals surface area contributed by atoms with Crippen LogP contribution in [0.2, 0.25) is 0 Å². The molecule has 1 aliphatic heterocycles. The van der Waals surface area contributed by atoms with E-state index in [0.29, 0.717) is 25.9 Å². The molecule has 0 spiro atoms. The van der Waals surface area contributed by atoms with Crippen LogP contribution in [0.1, 0.15) is 38.5 Å². The van der Waals surface area contributed by atoms with Gasteiger partial charge < -0.3 is 14.8 Å². The zero-order chi connectivity index (χ0) is 17.5. The molecule has 0 aliphatic carbocycles. The van der Waals surface area contributed by atoms with Crippen molar-refractivity contribution < 1.29 is 9.59 Å². The zero-order valence-electron chi connectivity index (χ0n) is 14.7. The standard InChI is InChI=1S/C20H27N3O2/c24-19(11-16-23-13-5-1-2-9-20(23)25)21-12-6-14-22-15-10-17-7-3-4-8-18(17)22/h3-4,7-8,10,15H,1-2,5-6,9,11-14,16H2,(H,21,24). The molecule has 0 saturated carbocycles. The Morgan fingerprint density at radius 1 is 1.08 bits per heavy atom. The average Bonchev–Trinajstić information content (AvgIpc) is 2.92. The number of rotatable bonds is 7. The first-order chi connectivity index (χ1) is 12.2. The Balaban J connectivity index is 1.36. The molecule has 2 heterocycles. The number of para-hydroxylation sites is 1. The van der Waals surface area contributed by atoms with Crippen molar-refractivity contribution >= 4 is 22.7 Å². The van der Waals surface area contributed by atoms with E-state index in [0.717, 1.165) is 38.8 Å². The number of aromatic nitrogens is 1. The molecule has 0 unspecified atom stereocenters. The van der Waals surface area contributed by atoms with Crippen LogP contribution in [0.15, 0.2) is 36.5 Å². The minimum absolute atomic E-state index is 0.0365. The molecule has 1 N–H and O–H groups in total. The van der Waals surface area contributed by atoms with E-state index >= 15 is 0 Å². The Morgan fingerprint density at radius 2 is 1.96 bits per heavy atom. The van der Waals surface area contributed by atoms with Crippen molar-refractivity contribution in [3.05, 3.63) is 36.5 Å². The number of hydrogen-bond acceptors (Lipinski definition) is 2. The van der Waals surface area contributed by atoms with Gasteiger partial charge in [-0.15, -0.1) is 0 Å². The molecule has 1 aromatic carbocycles. The molecule has 0 radical (unpaired) electrons. The number of aryl methyl sites for hydroxylation is 1. The molecule has 25 heavy (non-hydrogen) atoms. The van der Waals surface area contributed by atoms with Crippen LogP contribution >= 0.6 is 0 Å². The number of benzene rings is 1. The first-order valence-corrected chi connectivity index (χ1v) is 9.32. The maximum atomic E-state index is 12.0. The van der Waals surface area contributed by atoms with Gasteiger partial charge in [-0.25, -0.2) is 0 Å². The maximum Gasteiger partial charge on any atom is 0.222 e. The van der Waals surface area contributed by atoms with Crippen LogP contribution in [0, 0.1) is 0 Å². The van der Waals surface area contributed by atoms with Gasteiger partial charge in [-0.2, -0.15) is 0 Å². The topological polar surface area (TPSA) is 54.3 Å². The molecule has 0 atom stereocenters. The minimum Gasteiger partial charge on any atom is -0.356 e. The Labute approximate surface area is 149 Å². The van der Waals surface area contributed by atoms with Gasteiger partial charge in [-0.3, -0.25) is 9.59 Å². The van der Waals surface area contributed by atoms with Crippen LogP contribution in [-0.2, 0) is 16.1 Å². The summed E-state index contributed by atoms with van der Waals surface area (Å²) in [5.74, 6) is 0.235. The van der Waals surface area contributed by atoms with Gasteiger partial charge in [0.25, 0.3) is 0 Å². The number of amides is 2. The van der Waals surface area contributed by atoms with E-state index in [1.807, 2.05) is 17.0 Å². The molecule has 1 saturated heterocycles. The summed E-state index contributed by atoms with van der Waals surface area (Å²) in [6.45, 7) is 2.90. The summed E-state index contributed by atoms with van der Waals surface area (Å²) >= 11 is 0. The van der Waals surface area contributed by atoms with Crippen molar-refractivity contribution in [1.29, 1.82) is 0 Å². The van der Waals surface area contributed by atoms with Crippen LogP contribution in [0.4, 0.5) is 0 Å². The van der Waals surface area contributed by atoms with Crippen molar-refractivity contribution in [3.8, 4) is 0 Å². The predicted octanol–water partition coefficient (Wildman–Crippen LogP) is 2.94. The molecule has 1 fully saturated rings. The van der Waals surface area contributed by atoms with Crippen molar-refractivity contribution in [3.63, 3.8) is 0 Å². The highest BCUT2D eigenvalue weighted by atomic mass is 16.2. The highest BCUT2D eigenvalue weighted by molar-refractivity contribution is 5.80. The first-order valence-electron chi connectivity index (χ1n) is 9.32. The molecule has 2 amide bonds. The van der Waals surface area contributed by atoms with Crippen molar-refractivity contribution in [2.45, 2.75) is 45.1 Å².